The van der Waals surface area contributed by atoms with Crippen molar-refractivity contribution in [1.29, 1.82) is 5.41 Å². The summed E-state index contributed by atoms with van der Waals surface area (Å²) in [7, 11) is 5.21. The molecule has 34 heavy (non-hydrogen) atoms. The molecule has 182 valence electrons. The Morgan fingerprint density at radius 2 is 1.94 bits per heavy atom. The number of amides is 1. The zero-order valence-corrected chi connectivity index (χ0v) is 19.5. The quantitative estimate of drug-likeness (QED) is 0.358. The number of pyridine rings is 1. The first-order valence-corrected chi connectivity index (χ1v) is 11.0. The maximum absolute atomic E-state index is 13.8. The van der Waals surface area contributed by atoms with Crippen molar-refractivity contribution in [1.82, 2.24) is 9.88 Å². The van der Waals surface area contributed by atoms with Crippen molar-refractivity contribution in [2.24, 2.45) is 17.6 Å². The van der Waals surface area contributed by atoms with Gasteiger partial charge < -0.3 is 36.5 Å². The molecular formula is C23H29N5O6. The summed E-state index contributed by atoms with van der Waals surface area (Å²) < 4.78 is 0. The average Bonchev–Trinajstić information content (AvgIpc) is 2.75. The molecule has 0 saturated heterocycles. The van der Waals surface area contributed by atoms with E-state index in [9.17, 15) is 30.0 Å². The third-order valence-electron chi connectivity index (χ3n) is 7.35. The lowest BCUT2D eigenvalue weighted by Gasteiger charge is -2.51. The summed E-state index contributed by atoms with van der Waals surface area (Å²) in [5.41, 5.74) is 2.03. The van der Waals surface area contributed by atoms with Gasteiger partial charge in [0.1, 0.15) is 28.7 Å². The van der Waals surface area contributed by atoms with E-state index in [1.54, 1.807) is 30.9 Å². The fourth-order valence-corrected chi connectivity index (χ4v) is 5.67. The van der Waals surface area contributed by atoms with E-state index in [2.05, 4.69) is 4.98 Å². The van der Waals surface area contributed by atoms with Gasteiger partial charge in [-0.3, -0.25) is 14.5 Å². The predicted molar refractivity (Wildman–Crippen MR) is 124 cm³/mol. The highest BCUT2D eigenvalue weighted by molar-refractivity contribution is 6.33. The Kier molecular flexibility index (Phi) is 5.45. The summed E-state index contributed by atoms with van der Waals surface area (Å²) in [4.78, 5) is 33.6. The molecule has 0 spiro atoms. The van der Waals surface area contributed by atoms with Gasteiger partial charge in [0.05, 0.1) is 23.5 Å². The molecule has 0 aromatic carbocycles. The van der Waals surface area contributed by atoms with Crippen LogP contribution in [0.4, 0.5) is 5.82 Å². The molecule has 0 radical (unpaired) electrons. The van der Waals surface area contributed by atoms with Crippen molar-refractivity contribution in [3.63, 3.8) is 0 Å². The predicted octanol–water partition coefficient (Wildman–Crippen LogP) is 0.266. The van der Waals surface area contributed by atoms with Crippen molar-refractivity contribution >= 4 is 29.0 Å². The van der Waals surface area contributed by atoms with Gasteiger partial charge in [-0.05, 0) is 32.4 Å². The molecule has 11 heteroatoms. The Balaban J connectivity index is 1.97. The molecule has 11 nitrogen and oxygen atoms in total. The number of fused-ring (bicyclic) bond motifs is 3. The lowest BCUT2D eigenvalue weighted by molar-refractivity contribution is -0.139. The van der Waals surface area contributed by atoms with Crippen LogP contribution in [0.25, 0.3) is 5.76 Å². The zero-order valence-electron chi connectivity index (χ0n) is 19.5. The number of nitrogens with two attached hydrogens (primary N) is 1. The largest absolute Gasteiger partial charge is 0.510 e. The number of carbonyl (C=O) groups is 2. The van der Waals surface area contributed by atoms with Gasteiger partial charge in [0.15, 0.2) is 5.60 Å². The van der Waals surface area contributed by atoms with Crippen molar-refractivity contribution in [3.05, 3.63) is 34.2 Å². The summed E-state index contributed by atoms with van der Waals surface area (Å²) in [5, 5.41) is 52.8. The number of Topliss-reactive ketones (excluding diaryl/α,β-unsaturated/α-hetero) is 1. The SMILES string of the molecule is CCN(C)[C@@H]1C(O)=C(C(N)=O)C(=N)[C@@]2(O)C(=O)C3=C(O)c4c(O)cnc(N(C)C)c4C[C@H]3C[C@@H]12. The van der Waals surface area contributed by atoms with Gasteiger partial charge >= 0.3 is 0 Å². The molecule has 4 rings (SSSR count). The maximum atomic E-state index is 13.8. The number of nitrogens with zero attached hydrogens (tertiary/aromatic N) is 3. The third kappa shape index (κ3) is 2.96. The van der Waals surface area contributed by atoms with Gasteiger partial charge in [0.25, 0.3) is 5.91 Å². The Labute approximate surface area is 196 Å². The first-order chi connectivity index (χ1) is 15.9. The molecular weight excluding hydrogens is 442 g/mol. The molecule has 3 aliphatic rings. The number of hydrogen-bond donors (Lipinski definition) is 6. The van der Waals surface area contributed by atoms with Gasteiger partial charge in [0.2, 0.25) is 5.78 Å². The summed E-state index contributed by atoms with van der Waals surface area (Å²) in [6, 6.07) is -0.948. The van der Waals surface area contributed by atoms with Crippen LogP contribution in [0, 0.1) is 17.2 Å². The summed E-state index contributed by atoms with van der Waals surface area (Å²) in [5.74, 6) is -4.36. The first-order valence-electron chi connectivity index (χ1n) is 11.0. The number of anilines is 1. The lowest BCUT2D eigenvalue weighted by Crippen LogP contribution is -2.67. The van der Waals surface area contributed by atoms with Gasteiger partial charge in [-0.15, -0.1) is 0 Å². The molecule has 1 saturated carbocycles. The minimum absolute atomic E-state index is 0.0541. The second kappa shape index (κ2) is 7.81. The Bertz CT molecular complexity index is 1190. The molecule has 0 bridgehead atoms. The molecule has 1 aromatic heterocycles. The summed E-state index contributed by atoms with van der Waals surface area (Å²) >= 11 is 0. The van der Waals surface area contributed by atoms with Crippen LogP contribution in [-0.4, -0.2) is 87.0 Å². The van der Waals surface area contributed by atoms with E-state index in [0.29, 0.717) is 17.9 Å². The molecule has 1 fully saturated rings. The van der Waals surface area contributed by atoms with Crippen LogP contribution in [0.5, 0.6) is 5.75 Å². The van der Waals surface area contributed by atoms with E-state index in [-0.39, 0.29) is 29.7 Å². The van der Waals surface area contributed by atoms with E-state index in [0.717, 1.165) is 0 Å². The molecule has 4 atom stereocenters. The van der Waals surface area contributed by atoms with Crippen LogP contribution in [0.3, 0.4) is 0 Å². The molecule has 1 aromatic rings. The fourth-order valence-electron chi connectivity index (χ4n) is 5.67. The zero-order chi connectivity index (χ0) is 25.3. The van der Waals surface area contributed by atoms with Crippen molar-refractivity contribution < 1.29 is 30.0 Å². The molecule has 7 N–H and O–H groups in total. The summed E-state index contributed by atoms with van der Waals surface area (Å²) in [6.07, 6.45) is 1.54. The van der Waals surface area contributed by atoms with Crippen molar-refractivity contribution in [2.75, 3.05) is 32.6 Å². The van der Waals surface area contributed by atoms with Crippen molar-refractivity contribution in [3.8, 4) is 5.75 Å². The monoisotopic (exact) mass is 471 g/mol. The number of ketones is 1. The van der Waals surface area contributed by atoms with E-state index in [4.69, 9.17) is 11.1 Å². The normalized spacial score (nSPS) is 28.6. The number of rotatable bonds is 4. The minimum Gasteiger partial charge on any atom is -0.510 e. The van der Waals surface area contributed by atoms with Gasteiger partial charge in [-0.2, -0.15) is 0 Å². The highest BCUT2D eigenvalue weighted by Crippen LogP contribution is 2.52. The molecule has 1 heterocycles. The number of primary amides is 1. The number of carbonyl (C=O) groups excluding carboxylic acids is 2. The molecule has 3 aliphatic carbocycles. The van der Waals surface area contributed by atoms with Crippen LogP contribution in [0.2, 0.25) is 0 Å². The number of aromatic nitrogens is 1. The highest BCUT2D eigenvalue weighted by atomic mass is 16.3. The van der Waals surface area contributed by atoms with E-state index in [1.807, 2.05) is 6.92 Å². The number of aliphatic hydroxyl groups is 3. The van der Waals surface area contributed by atoms with Crippen LogP contribution in [0.15, 0.2) is 23.1 Å². The van der Waals surface area contributed by atoms with Crippen LogP contribution < -0.4 is 10.6 Å². The first kappa shape index (κ1) is 23.7. The van der Waals surface area contributed by atoms with Gasteiger partial charge in [-0.1, -0.05) is 6.92 Å². The van der Waals surface area contributed by atoms with Gasteiger partial charge in [0, 0.05) is 31.1 Å². The number of hydrogen-bond acceptors (Lipinski definition) is 10. The second-order valence-corrected chi connectivity index (χ2v) is 9.33. The number of aliphatic hydroxyl groups excluding tert-OH is 2. The smallest absolute Gasteiger partial charge is 0.254 e. The fraction of sp³-hybridized carbons (Fsp3) is 0.478. The van der Waals surface area contributed by atoms with Crippen LogP contribution in [-0.2, 0) is 16.0 Å². The van der Waals surface area contributed by atoms with E-state index < -0.39 is 58.0 Å². The van der Waals surface area contributed by atoms with E-state index in [1.165, 1.54) is 6.20 Å². The van der Waals surface area contributed by atoms with Crippen LogP contribution in [0.1, 0.15) is 24.5 Å². The van der Waals surface area contributed by atoms with Gasteiger partial charge in [-0.25, -0.2) is 4.98 Å². The summed E-state index contributed by atoms with van der Waals surface area (Å²) in [6.45, 7) is 2.23. The lowest BCUT2D eigenvalue weighted by atomic mass is 9.57. The number of nitrogens with one attached hydrogen (secondary N) is 1. The number of aromatic hydroxyl groups is 1. The van der Waals surface area contributed by atoms with Crippen LogP contribution >= 0.6 is 0 Å². The average molecular weight is 472 g/mol. The Morgan fingerprint density at radius 1 is 1.29 bits per heavy atom. The molecule has 1 amide bonds. The highest BCUT2D eigenvalue weighted by Gasteiger charge is 2.63. The standard InChI is InChI=1S/C23H29N5O6/c1-5-28(4)16-11-7-9-6-10-14(12(29)8-26-22(10)27(2)3)17(30)13(9)20(32)23(11,34)19(24)15(18(16)31)21(25)33/h8-9,11,16,24,29-31,34H,5-7H2,1-4H3,(H2,25,33)/t9-,11-,16-,23+/m0/s1. The Hall–Kier alpha value is -3.44. The minimum atomic E-state index is -2.49. The molecule has 0 unspecified atom stereocenters. The third-order valence-corrected chi connectivity index (χ3v) is 7.35. The number of likely N-dealkylation sites (N-methyl/N-ethyl adjacent to an activating group) is 1. The maximum Gasteiger partial charge on any atom is 0.254 e. The van der Waals surface area contributed by atoms with E-state index >= 15 is 0 Å². The van der Waals surface area contributed by atoms with Crippen molar-refractivity contribution in [2.45, 2.75) is 31.4 Å². The Morgan fingerprint density at radius 3 is 2.50 bits per heavy atom. The molecule has 0 aliphatic heterocycles. The second-order valence-electron chi connectivity index (χ2n) is 9.33. The topological polar surface area (TPSA) is 184 Å².